The van der Waals surface area contributed by atoms with Gasteiger partial charge in [0.2, 0.25) is 0 Å². The lowest BCUT2D eigenvalue weighted by Crippen LogP contribution is -1.81. The monoisotopic (exact) mass is 240 g/mol. The van der Waals surface area contributed by atoms with Crippen LogP contribution in [0.25, 0.3) is 21.7 Å². The fourth-order valence-corrected chi connectivity index (χ4v) is 2.84. The maximum atomic E-state index is 3.99. The normalized spacial score (nSPS) is 10.6. The van der Waals surface area contributed by atoms with Crippen LogP contribution in [0.5, 0.6) is 0 Å². The van der Waals surface area contributed by atoms with Crippen molar-refractivity contribution in [3.05, 3.63) is 53.5 Å². The van der Waals surface area contributed by atoms with Gasteiger partial charge in [-0.2, -0.15) is 5.10 Å². The molecule has 0 aliphatic rings. The Morgan fingerprint density at radius 3 is 2.71 bits per heavy atom. The largest absolute Gasteiger partial charge is 0.278 e. The van der Waals surface area contributed by atoms with Crippen LogP contribution in [0.4, 0.5) is 0 Å². The lowest BCUT2D eigenvalue weighted by atomic mass is 10.1. The van der Waals surface area contributed by atoms with Gasteiger partial charge in [-0.3, -0.25) is 5.10 Å². The molecule has 0 fully saturated rings. The summed E-state index contributed by atoms with van der Waals surface area (Å²) in [6.45, 7) is 2.15. The number of aryl methyl sites for hydroxylation is 1. The van der Waals surface area contributed by atoms with Gasteiger partial charge in [-0.05, 0) is 41.6 Å². The summed E-state index contributed by atoms with van der Waals surface area (Å²) in [5, 5.41) is 9.11. The van der Waals surface area contributed by atoms with E-state index in [4.69, 9.17) is 0 Å². The molecule has 1 N–H and O–H groups in total. The minimum absolute atomic E-state index is 1.06. The molecule has 0 spiro atoms. The minimum Gasteiger partial charge on any atom is -0.278 e. The van der Waals surface area contributed by atoms with Crippen LogP contribution in [0.2, 0.25) is 0 Å². The molecule has 0 saturated carbocycles. The Kier molecular flexibility index (Phi) is 2.53. The summed E-state index contributed by atoms with van der Waals surface area (Å²) in [4.78, 5) is 1.34. The van der Waals surface area contributed by atoms with Crippen molar-refractivity contribution in [1.82, 2.24) is 10.2 Å². The predicted molar refractivity (Wildman–Crippen MR) is 72.1 cm³/mol. The number of hydrogen-bond donors (Lipinski definition) is 1. The van der Waals surface area contributed by atoms with Gasteiger partial charge >= 0.3 is 0 Å². The van der Waals surface area contributed by atoms with E-state index in [0.29, 0.717) is 0 Å². The summed E-state index contributed by atoms with van der Waals surface area (Å²) in [6.07, 6.45) is 1.78. The molecule has 0 atom stereocenters. The second-order valence-corrected chi connectivity index (χ2v) is 4.90. The zero-order chi connectivity index (χ0) is 11.7. The summed E-state index contributed by atoms with van der Waals surface area (Å²) < 4.78 is 0. The van der Waals surface area contributed by atoms with Gasteiger partial charge < -0.3 is 0 Å². The zero-order valence-electron chi connectivity index (χ0n) is 9.47. The third-order valence-electron chi connectivity index (χ3n) is 2.80. The van der Waals surface area contributed by atoms with Gasteiger partial charge in [0.15, 0.2) is 0 Å². The third-order valence-corrected chi connectivity index (χ3v) is 3.86. The van der Waals surface area contributed by atoms with Crippen LogP contribution in [0.1, 0.15) is 5.56 Å². The molecule has 1 aromatic carbocycles. The van der Waals surface area contributed by atoms with Crippen LogP contribution >= 0.6 is 11.3 Å². The molecule has 2 aromatic heterocycles. The predicted octanol–water partition coefficient (Wildman–Crippen LogP) is 4.11. The second-order valence-electron chi connectivity index (χ2n) is 3.98. The number of nitrogens with one attached hydrogen (secondary N) is 1. The molecule has 3 aromatic rings. The number of thiophene rings is 1. The molecule has 2 heterocycles. The lowest BCUT2D eigenvalue weighted by molar-refractivity contribution is 1.10. The second kappa shape index (κ2) is 4.18. The van der Waals surface area contributed by atoms with Crippen LogP contribution < -0.4 is 0 Å². The highest BCUT2D eigenvalue weighted by molar-refractivity contribution is 7.13. The quantitative estimate of drug-likeness (QED) is 0.717. The van der Waals surface area contributed by atoms with Crippen molar-refractivity contribution in [2.24, 2.45) is 0 Å². The van der Waals surface area contributed by atoms with Crippen LogP contribution in [0.15, 0.2) is 48.0 Å². The molecule has 0 unspecified atom stereocenters. The molecule has 0 aliphatic heterocycles. The van der Waals surface area contributed by atoms with Crippen molar-refractivity contribution in [2.75, 3.05) is 0 Å². The van der Waals surface area contributed by atoms with Crippen molar-refractivity contribution in [1.29, 1.82) is 0 Å². The summed E-state index contributed by atoms with van der Waals surface area (Å²) in [7, 11) is 0. The van der Waals surface area contributed by atoms with Crippen LogP contribution in [-0.4, -0.2) is 10.2 Å². The summed E-state index contributed by atoms with van der Waals surface area (Å²) in [5.41, 5.74) is 4.83. The molecule has 0 bridgehead atoms. The highest BCUT2D eigenvalue weighted by Crippen LogP contribution is 2.31. The van der Waals surface area contributed by atoms with E-state index >= 15 is 0 Å². The van der Waals surface area contributed by atoms with Gasteiger partial charge in [0, 0.05) is 16.6 Å². The maximum Gasteiger partial charge on any atom is 0.0650 e. The van der Waals surface area contributed by atoms with Crippen molar-refractivity contribution < 1.29 is 0 Å². The van der Waals surface area contributed by atoms with E-state index in [9.17, 15) is 0 Å². The lowest BCUT2D eigenvalue weighted by Gasteiger charge is -2.03. The number of H-pyrrole nitrogens is 1. The Bertz CT molecular complexity index is 623. The number of rotatable bonds is 2. The Labute approximate surface area is 104 Å². The van der Waals surface area contributed by atoms with Gasteiger partial charge in [-0.15, -0.1) is 11.3 Å². The number of aromatic nitrogens is 2. The van der Waals surface area contributed by atoms with Gasteiger partial charge in [-0.25, -0.2) is 0 Å². The summed E-state index contributed by atoms with van der Waals surface area (Å²) in [6, 6.07) is 12.7. The van der Waals surface area contributed by atoms with E-state index in [1.807, 2.05) is 6.07 Å². The van der Waals surface area contributed by atoms with E-state index in [0.717, 1.165) is 5.69 Å². The summed E-state index contributed by atoms with van der Waals surface area (Å²) >= 11 is 1.78. The highest BCUT2D eigenvalue weighted by Gasteiger charge is 2.05. The number of aromatic amines is 1. The molecular formula is C14H12N2S. The van der Waals surface area contributed by atoms with E-state index in [-0.39, 0.29) is 0 Å². The molecule has 3 rings (SSSR count). The number of hydrogen-bond acceptors (Lipinski definition) is 2. The SMILES string of the molecule is Cc1ccsc1-c1cccc(-c2ccn[nH]2)c1. The summed E-state index contributed by atoms with van der Waals surface area (Å²) in [5.74, 6) is 0. The molecular weight excluding hydrogens is 228 g/mol. The van der Waals surface area contributed by atoms with Gasteiger partial charge in [0.1, 0.15) is 0 Å². The molecule has 0 saturated heterocycles. The Morgan fingerprint density at radius 1 is 1.12 bits per heavy atom. The highest BCUT2D eigenvalue weighted by atomic mass is 32.1. The van der Waals surface area contributed by atoms with E-state index in [1.165, 1.54) is 21.6 Å². The minimum atomic E-state index is 1.06. The fraction of sp³-hybridized carbons (Fsp3) is 0.0714. The van der Waals surface area contributed by atoms with Gasteiger partial charge in [0.05, 0.1) is 5.69 Å². The number of benzene rings is 1. The average Bonchev–Trinajstić information content (AvgIpc) is 2.99. The van der Waals surface area contributed by atoms with Crippen LogP contribution in [-0.2, 0) is 0 Å². The zero-order valence-corrected chi connectivity index (χ0v) is 10.3. The first-order valence-electron chi connectivity index (χ1n) is 5.49. The Hall–Kier alpha value is -1.87. The van der Waals surface area contributed by atoms with Crippen molar-refractivity contribution in [3.63, 3.8) is 0 Å². The smallest absolute Gasteiger partial charge is 0.0650 e. The van der Waals surface area contributed by atoms with Gasteiger partial charge in [-0.1, -0.05) is 18.2 Å². The van der Waals surface area contributed by atoms with E-state index in [1.54, 1.807) is 17.5 Å². The molecule has 84 valence electrons. The van der Waals surface area contributed by atoms with Crippen molar-refractivity contribution in [3.8, 4) is 21.7 Å². The first-order chi connectivity index (χ1) is 8.34. The average molecular weight is 240 g/mol. The standard InChI is InChI=1S/C14H12N2S/c1-10-6-8-17-14(10)12-4-2-3-11(9-12)13-5-7-15-16-13/h2-9H,1H3,(H,15,16). The topological polar surface area (TPSA) is 28.7 Å². The Balaban J connectivity index is 2.09. The molecule has 0 aliphatic carbocycles. The fourth-order valence-electron chi connectivity index (χ4n) is 1.91. The van der Waals surface area contributed by atoms with Crippen molar-refractivity contribution >= 4 is 11.3 Å². The first-order valence-corrected chi connectivity index (χ1v) is 6.37. The molecule has 17 heavy (non-hydrogen) atoms. The molecule has 2 nitrogen and oxygen atoms in total. The van der Waals surface area contributed by atoms with Crippen LogP contribution in [0.3, 0.4) is 0 Å². The third kappa shape index (κ3) is 1.89. The number of nitrogens with zero attached hydrogens (tertiary/aromatic N) is 1. The van der Waals surface area contributed by atoms with Crippen molar-refractivity contribution in [2.45, 2.75) is 6.92 Å². The molecule has 0 amide bonds. The first kappa shape index (κ1) is 10.3. The van der Waals surface area contributed by atoms with E-state index in [2.05, 4.69) is 52.8 Å². The van der Waals surface area contributed by atoms with Gasteiger partial charge in [0.25, 0.3) is 0 Å². The molecule has 3 heteroatoms. The van der Waals surface area contributed by atoms with Crippen LogP contribution in [0, 0.1) is 6.92 Å². The van der Waals surface area contributed by atoms with E-state index < -0.39 is 0 Å². The molecule has 0 radical (unpaired) electrons. The maximum absolute atomic E-state index is 3.99. The Morgan fingerprint density at radius 2 is 2.00 bits per heavy atom.